The highest BCUT2D eigenvalue weighted by Crippen LogP contribution is 2.25. The maximum absolute atomic E-state index is 14.1. The third-order valence-electron chi connectivity index (χ3n) is 5.84. The summed E-state index contributed by atoms with van der Waals surface area (Å²) < 4.78 is 5.37. The summed E-state index contributed by atoms with van der Waals surface area (Å²) >= 11 is 0. The Hall–Kier alpha value is -3.54. The van der Waals surface area contributed by atoms with Crippen molar-refractivity contribution in [3.8, 4) is 12.3 Å². The number of alkyl carbamates (subject to hydrolysis) is 1. The first-order valence-electron chi connectivity index (χ1n) is 13.7. The molecule has 9 heteroatoms. The van der Waals surface area contributed by atoms with E-state index in [0.717, 1.165) is 25.7 Å². The smallest absolute Gasteiger partial charge is 0.408 e. The zero-order valence-corrected chi connectivity index (χ0v) is 24.3. The van der Waals surface area contributed by atoms with Crippen LogP contribution in [0.1, 0.15) is 104 Å². The number of ether oxygens (including phenoxy) is 1. The molecule has 1 aromatic carbocycles. The Morgan fingerprint density at radius 2 is 1.64 bits per heavy atom. The average Bonchev–Trinajstić information content (AvgIpc) is 2.83. The Kier molecular flexibility index (Phi) is 14.1. The predicted octanol–water partition coefficient (Wildman–Crippen LogP) is 4.19. The van der Waals surface area contributed by atoms with Gasteiger partial charge in [-0.05, 0) is 65.2 Å². The molecule has 39 heavy (non-hydrogen) atoms. The van der Waals surface area contributed by atoms with Gasteiger partial charge in [-0.1, -0.05) is 50.7 Å². The lowest BCUT2D eigenvalue weighted by molar-refractivity contribution is -0.143. The molecule has 2 unspecified atom stereocenters. The van der Waals surface area contributed by atoms with E-state index in [1.165, 1.54) is 4.90 Å². The van der Waals surface area contributed by atoms with Crippen molar-refractivity contribution < 1.29 is 23.9 Å². The molecule has 0 aliphatic rings. The molecule has 9 nitrogen and oxygen atoms in total. The molecule has 0 heterocycles. The van der Waals surface area contributed by atoms with Crippen molar-refractivity contribution in [3.63, 3.8) is 0 Å². The van der Waals surface area contributed by atoms with Gasteiger partial charge in [-0.2, -0.15) is 0 Å². The van der Waals surface area contributed by atoms with Crippen LogP contribution in [0.3, 0.4) is 0 Å². The number of nitrogens with zero attached hydrogens (tertiary/aromatic N) is 1. The molecule has 1 aromatic rings. The predicted molar refractivity (Wildman–Crippen MR) is 152 cm³/mol. The van der Waals surface area contributed by atoms with Crippen LogP contribution in [-0.2, 0) is 19.1 Å². The number of carbonyl (C=O) groups excluding carboxylic acids is 4. The molecule has 0 fully saturated rings. The third-order valence-corrected chi connectivity index (χ3v) is 5.84. The number of primary amides is 1. The standard InChI is InChI=1S/C30H46N4O5/c1-8-10-11-12-13-20-34(26(27(36)32-21(3)4)23-16-14-22(9-2)15-17-23)28(37)24(18-19-25(31)35)33-29(38)39-30(5,6)7/h2,14-17,21,24,26H,8,10-13,18-20H2,1,3-7H3,(H2,31,35)(H,32,36)(H,33,38). The van der Waals surface area contributed by atoms with Crippen LogP contribution in [0, 0.1) is 12.3 Å². The molecular formula is C30H46N4O5. The minimum Gasteiger partial charge on any atom is -0.444 e. The van der Waals surface area contributed by atoms with Gasteiger partial charge >= 0.3 is 6.09 Å². The topological polar surface area (TPSA) is 131 Å². The number of nitrogens with one attached hydrogen (secondary N) is 2. The largest absolute Gasteiger partial charge is 0.444 e. The quantitative estimate of drug-likeness (QED) is 0.226. The van der Waals surface area contributed by atoms with E-state index in [1.807, 2.05) is 13.8 Å². The summed E-state index contributed by atoms with van der Waals surface area (Å²) in [6, 6.07) is 4.64. The highest BCUT2D eigenvalue weighted by molar-refractivity contribution is 5.92. The summed E-state index contributed by atoms with van der Waals surface area (Å²) in [6.07, 6.45) is 9.23. The molecule has 216 valence electrons. The van der Waals surface area contributed by atoms with E-state index in [9.17, 15) is 19.2 Å². The number of hydrogen-bond donors (Lipinski definition) is 3. The highest BCUT2D eigenvalue weighted by Gasteiger charge is 2.36. The number of hydrogen-bond acceptors (Lipinski definition) is 5. The number of amides is 4. The molecule has 0 aliphatic heterocycles. The van der Waals surface area contributed by atoms with Gasteiger partial charge in [0.25, 0.3) is 0 Å². The second kappa shape index (κ2) is 16.4. The van der Waals surface area contributed by atoms with E-state index in [-0.39, 0.29) is 31.3 Å². The first-order chi connectivity index (χ1) is 18.3. The summed E-state index contributed by atoms with van der Waals surface area (Å²) in [5.74, 6) is 1.10. The minimum atomic E-state index is -1.12. The zero-order chi connectivity index (χ0) is 29.6. The molecule has 0 saturated carbocycles. The normalized spacial score (nSPS) is 12.7. The molecule has 0 radical (unpaired) electrons. The fraction of sp³-hybridized carbons (Fsp3) is 0.600. The SMILES string of the molecule is C#Cc1ccc(C(C(=O)NC(C)C)N(CCCCCCC)C(=O)C(CCC(N)=O)NC(=O)OC(C)(C)C)cc1. The van der Waals surface area contributed by atoms with Crippen LogP contribution >= 0.6 is 0 Å². The highest BCUT2D eigenvalue weighted by atomic mass is 16.6. The first-order valence-corrected chi connectivity index (χ1v) is 13.7. The van der Waals surface area contributed by atoms with Crippen molar-refractivity contribution in [2.75, 3.05) is 6.54 Å². The van der Waals surface area contributed by atoms with E-state index >= 15 is 0 Å². The minimum absolute atomic E-state index is 0.0334. The van der Waals surface area contributed by atoms with Crippen molar-refractivity contribution in [3.05, 3.63) is 35.4 Å². The Morgan fingerprint density at radius 3 is 2.15 bits per heavy atom. The molecule has 0 saturated heterocycles. The van der Waals surface area contributed by atoms with Gasteiger partial charge in [-0.3, -0.25) is 14.4 Å². The van der Waals surface area contributed by atoms with Gasteiger partial charge in [0.15, 0.2) is 0 Å². The van der Waals surface area contributed by atoms with Crippen LogP contribution in [-0.4, -0.2) is 52.9 Å². The molecule has 2 atom stereocenters. The Bertz CT molecular complexity index is 992. The molecule has 0 aromatic heterocycles. The lowest BCUT2D eigenvalue weighted by Gasteiger charge is -2.35. The molecule has 0 aliphatic carbocycles. The van der Waals surface area contributed by atoms with E-state index < -0.39 is 35.6 Å². The summed E-state index contributed by atoms with van der Waals surface area (Å²) in [5, 5.41) is 5.52. The van der Waals surface area contributed by atoms with Crippen LogP contribution in [0.2, 0.25) is 0 Å². The molecule has 4 amide bonds. The lowest BCUT2D eigenvalue weighted by Crippen LogP contribution is -2.54. The van der Waals surface area contributed by atoms with Gasteiger partial charge in [0, 0.05) is 24.6 Å². The van der Waals surface area contributed by atoms with Crippen LogP contribution < -0.4 is 16.4 Å². The van der Waals surface area contributed by atoms with Crippen LogP contribution in [0.25, 0.3) is 0 Å². The van der Waals surface area contributed by atoms with Gasteiger partial charge in [0.2, 0.25) is 17.7 Å². The van der Waals surface area contributed by atoms with Crippen molar-refractivity contribution in [2.45, 2.75) is 110 Å². The van der Waals surface area contributed by atoms with Crippen molar-refractivity contribution in [1.82, 2.24) is 15.5 Å². The van der Waals surface area contributed by atoms with Gasteiger partial charge in [0.1, 0.15) is 17.7 Å². The van der Waals surface area contributed by atoms with Crippen LogP contribution in [0.15, 0.2) is 24.3 Å². The van der Waals surface area contributed by atoms with Gasteiger partial charge in [0.05, 0.1) is 0 Å². The maximum atomic E-state index is 14.1. The summed E-state index contributed by atoms with van der Waals surface area (Å²) in [5.41, 5.74) is 5.80. The van der Waals surface area contributed by atoms with Crippen molar-refractivity contribution >= 4 is 23.8 Å². The van der Waals surface area contributed by atoms with Crippen LogP contribution in [0.5, 0.6) is 0 Å². The van der Waals surface area contributed by atoms with Gasteiger partial charge < -0.3 is 26.0 Å². The summed E-state index contributed by atoms with van der Waals surface area (Å²) in [6.45, 7) is 11.2. The maximum Gasteiger partial charge on any atom is 0.408 e. The summed E-state index contributed by atoms with van der Waals surface area (Å²) in [7, 11) is 0. The first kappa shape index (κ1) is 33.5. The number of terminal acetylenes is 1. The van der Waals surface area contributed by atoms with Crippen molar-refractivity contribution in [2.24, 2.45) is 5.73 Å². The van der Waals surface area contributed by atoms with Gasteiger partial charge in [-0.25, -0.2) is 4.79 Å². The zero-order valence-electron chi connectivity index (χ0n) is 24.3. The van der Waals surface area contributed by atoms with E-state index in [0.29, 0.717) is 17.5 Å². The number of benzene rings is 1. The Balaban J connectivity index is 3.50. The number of carbonyl (C=O) groups is 4. The molecule has 4 N–H and O–H groups in total. The number of unbranched alkanes of at least 4 members (excludes halogenated alkanes) is 4. The number of rotatable bonds is 15. The molecule has 1 rings (SSSR count). The average molecular weight is 543 g/mol. The molecule has 0 bridgehead atoms. The van der Waals surface area contributed by atoms with Crippen LogP contribution in [0.4, 0.5) is 4.79 Å². The second-order valence-corrected chi connectivity index (χ2v) is 11.0. The monoisotopic (exact) mass is 542 g/mol. The third kappa shape index (κ3) is 12.7. The molecular weight excluding hydrogens is 496 g/mol. The van der Waals surface area contributed by atoms with E-state index in [1.54, 1.807) is 45.0 Å². The second-order valence-electron chi connectivity index (χ2n) is 11.0. The fourth-order valence-corrected chi connectivity index (χ4v) is 4.04. The summed E-state index contributed by atoms with van der Waals surface area (Å²) in [4.78, 5) is 53.4. The van der Waals surface area contributed by atoms with E-state index in [2.05, 4.69) is 23.5 Å². The van der Waals surface area contributed by atoms with Crippen molar-refractivity contribution in [1.29, 1.82) is 0 Å². The van der Waals surface area contributed by atoms with Gasteiger partial charge in [-0.15, -0.1) is 6.42 Å². The Labute approximate surface area is 233 Å². The molecule has 0 spiro atoms. The van der Waals surface area contributed by atoms with E-state index in [4.69, 9.17) is 16.9 Å². The fourth-order valence-electron chi connectivity index (χ4n) is 4.04. The lowest BCUT2D eigenvalue weighted by atomic mass is 9.99. The number of nitrogens with two attached hydrogens (primary N) is 1. The Morgan fingerprint density at radius 1 is 1.03 bits per heavy atom.